The van der Waals surface area contributed by atoms with E-state index in [9.17, 15) is 0 Å². The number of benzene rings is 7. The molecule has 0 saturated carbocycles. The van der Waals surface area contributed by atoms with Crippen LogP contribution in [0.1, 0.15) is 0 Å². The average molecular weight is 470 g/mol. The Morgan fingerprint density at radius 3 is 1.73 bits per heavy atom. The zero-order valence-electron chi connectivity index (χ0n) is 20.2. The van der Waals surface area contributed by atoms with Crippen LogP contribution in [0.5, 0.6) is 0 Å². The van der Waals surface area contributed by atoms with Crippen LogP contribution < -0.4 is 0 Å². The molecular formula is C36H23N. The van der Waals surface area contributed by atoms with Gasteiger partial charge in [-0.1, -0.05) is 109 Å². The molecule has 1 heterocycles. The quantitative estimate of drug-likeness (QED) is 0.175. The Balaban J connectivity index is 1.47. The number of nitrogens with zero attached hydrogens (tertiary/aromatic N) is 1. The molecule has 8 aromatic rings. The molecule has 0 fully saturated rings. The SMILES string of the molecule is c1cc(-c2c3ccccc3cc3c2ccc2ccccc23)cc(-n2c3ccccc3c3ccccc32)c1. The van der Waals surface area contributed by atoms with Crippen LogP contribution in [0.15, 0.2) is 140 Å². The molecule has 0 saturated heterocycles. The van der Waals surface area contributed by atoms with Crippen molar-refractivity contribution in [2.24, 2.45) is 0 Å². The van der Waals surface area contributed by atoms with Gasteiger partial charge in [0.1, 0.15) is 0 Å². The number of rotatable bonds is 2. The molecule has 0 radical (unpaired) electrons. The molecule has 0 N–H and O–H groups in total. The lowest BCUT2D eigenvalue weighted by Crippen LogP contribution is -1.95. The van der Waals surface area contributed by atoms with Crippen LogP contribution in [-0.4, -0.2) is 4.57 Å². The molecule has 0 aliphatic carbocycles. The van der Waals surface area contributed by atoms with Crippen LogP contribution in [-0.2, 0) is 0 Å². The molecule has 0 aliphatic rings. The lowest BCUT2D eigenvalue weighted by molar-refractivity contribution is 1.18. The fourth-order valence-corrected chi connectivity index (χ4v) is 6.13. The van der Waals surface area contributed by atoms with Crippen molar-refractivity contribution >= 4 is 54.1 Å². The van der Waals surface area contributed by atoms with Crippen molar-refractivity contribution < 1.29 is 0 Å². The summed E-state index contributed by atoms with van der Waals surface area (Å²) in [6.45, 7) is 0. The fraction of sp³-hybridized carbons (Fsp3) is 0. The van der Waals surface area contributed by atoms with Gasteiger partial charge in [0.2, 0.25) is 0 Å². The van der Waals surface area contributed by atoms with E-state index in [1.165, 1.54) is 70.9 Å². The Morgan fingerprint density at radius 1 is 0.351 bits per heavy atom. The highest BCUT2D eigenvalue weighted by Gasteiger charge is 2.15. The molecule has 172 valence electrons. The van der Waals surface area contributed by atoms with E-state index in [2.05, 4.69) is 144 Å². The molecular weight excluding hydrogens is 446 g/mol. The molecule has 0 unspecified atom stereocenters. The van der Waals surface area contributed by atoms with Gasteiger partial charge in [-0.3, -0.25) is 0 Å². The van der Waals surface area contributed by atoms with E-state index in [0.29, 0.717) is 0 Å². The monoisotopic (exact) mass is 469 g/mol. The van der Waals surface area contributed by atoms with E-state index in [0.717, 1.165) is 0 Å². The van der Waals surface area contributed by atoms with E-state index < -0.39 is 0 Å². The average Bonchev–Trinajstić information content (AvgIpc) is 3.30. The molecule has 1 heteroatoms. The van der Waals surface area contributed by atoms with Crippen molar-refractivity contribution in [1.29, 1.82) is 0 Å². The van der Waals surface area contributed by atoms with Gasteiger partial charge in [-0.05, 0) is 73.8 Å². The Labute approximate surface area is 214 Å². The molecule has 7 aromatic carbocycles. The highest BCUT2D eigenvalue weighted by atomic mass is 15.0. The predicted molar refractivity (Wildman–Crippen MR) is 159 cm³/mol. The van der Waals surface area contributed by atoms with Crippen LogP contribution in [0, 0.1) is 0 Å². The lowest BCUT2D eigenvalue weighted by atomic mass is 9.90. The summed E-state index contributed by atoms with van der Waals surface area (Å²) in [4.78, 5) is 0. The van der Waals surface area contributed by atoms with Crippen molar-refractivity contribution in [3.63, 3.8) is 0 Å². The molecule has 1 aromatic heterocycles. The van der Waals surface area contributed by atoms with Crippen LogP contribution in [0.2, 0.25) is 0 Å². The highest BCUT2D eigenvalue weighted by Crippen LogP contribution is 2.40. The lowest BCUT2D eigenvalue weighted by Gasteiger charge is -2.16. The number of para-hydroxylation sites is 2. The minimum absolute atomic E-state index is 1.18. The van der Waals surface area contributed by atoms with Crippen LogP contribution in [0.4, 0.5) is 0 Å². The van der Waals surface area contributed by atoms with Gasteiger partial charge in [-0.15, -0.1) is 0 Å². The van der Waals surface area contributed by atoms with E-state index in [4.69, 9.17) is 0 Å². The second-order valence-electron chi connectivity index (χ2n) is 9.77. The maximum atomic E-state index is 2.40. The number of hydrogen-bond acceptors (Lipinski definition) is 0. The van der Waals surface area contributed by atoms with Crippen LogP contribution >= 0.6 is 0 Å². The van der Waals surface area contributed by atoms with Crippen molar-refractivity contribution in [3.8, 4) is 16.8 Å². The zero-order chi connectivity index (χ0) is 24.3. The first-order valence-corrected chi connectivity index (χ1v) is 12.8. The summed E-state index contributed by atoms with van der Waals surface area (Å²) in [5, 5.41) is 10.3. The molecule has 0 spiro atoms. The smallest absolute Gasteiger partial charge is 0.0541 e. The number of fused-ring (bicyclic) bond motifs is 7. The molecule has 37 heavy (non-hydrogen) atoms. The molecule has 0 aliphatic heterocycles. The summed E-state index contributed by atoms with van der Waals surface area (Å²) >= 11 is 0. The van der Waals surface area contributed by atoms with Crippen molar-refractivity contribution in [3.05, 3.63) is 140 Å². The van der Waals surface area contributed by atoms with Gasteiger partial charge in [0.15, 0.2) is 0 Å². The van der Waals surface area contributed by atoms with E-state index >= 15 is 0 Å². The standard InChI is InChI=1S/C36H23N/c1-3-14-28-24(10-1)20-21-32-33(28)23-25-11-2-4-15-29(25)36(32)26-12-9-13-27(22-26)37-34-18-7-5-16-30(34)31-17-6-8-19-35(31)37/h1-23H. The third kappa shape index (κ3) is 2.98. The first-order chi connectivity index (χ1) is 18.4. The molecule has 1 nitrogen and oxygen atoms in total. The van der Waals surface area contributed by atoms with Crippen molar-refractivity contribution in [2.75, 3.05) is 0 Å². The number of aromatic nitrogens is 1. The van der Waals surface area contributed by atoms with Gasteiger partial charge in [0.25, 0.3) is 0 Å². The van der Waals surface area contributed by atoms with Crippen molar-refractivity contribution in [2.45, 2.75) is 0 Å². The summed E-state index contributed by atoms with van der Waals surface area (Å²) in [6.07, 6.45) is 0. The Hall–Kier alpha value is -4.88. The van der Waals surface area contributed by atoms with E-state index in [1.807, 2.05) is 0 Å². The summed E-state index contributed by atoms with van der Waals surface area (Å²) in [7, 11) is 0. The molecule has 8 rings (SSSR count). The topological polar surface area (TPSA) is 4.93 Å². The second kappa shape index (κ2) is 7.81. The van der Waals surface area contributed by atoms with Gasteiger partial charge in [0, 0.05) is 16.5 Å². The first-order valence-electron chi connectivity index (χ1n) is 12.8. The molecule has 0 amide bonds. The van der Waals surface area contributed by atoms with Gasteiger partial charge >= 0.3 is 0 Å². The maximum absolute atomic E-state index is 2.40. The van der Waals surface area contributed by atoms with Gasteiger partial charge in [0.05, 0.1) is 11.0 Å². The maximum Gasteiger partial charge on any atom is 0.0541 e. The van der Waals surface area contributed by atoms with Gasteiger partial charge in [-0.25, -0.2) is 0 Å². The number of hydrogen-bond donors (Lipinski definition) is 0. The minimum atomic E-state index is 1.18. The van der Waals surface area contributed by atoms with E-state index in [-0.39, 0.29) is 0 Å². The molecule has 0 bridgehead atoms. The molecule has 0 atom stereocenters. The third-order valence-corrected chi connectivity index (χ3v) is 7.74. The van der Waals surface area contributed by atoms with Gasteiger partial charge < -0.3 is 4.57 Å². The predicted octanol–water partition coefficient (Wildman–Crippen LogP) is 9.91. The highest BCUT2D eigenvalue weighted by molar-refractivity contribution is 6.20. The first kappa shape index (κ1) is 20.3. The van der Waals surface area contributed by atoms with Crippen LogP contribution in [0.25, 0.3) is 70.9 Å². The van der Waals surface area contributed by atoms with Gasteiger partial charge in [-0.2, -0.15) is 0 Å². The zero-order valence-corrected chi connectivity index (χ0v) is 20.2. The summed E-state index contributed by atoms with van der Waals surface area (Å²) < 4.78 is 2.40. The van der Waals surface area contributed by atoms with Crippen LogP contribution in [0.3, 0.4) is 0 Å². The van der Waals surface area contributed by atoms with Crippen molar-refractivity contribution in [1.82, 2.24) is 4.57 Å². The summed E-state index contributed by atoms with van der Waals surface area (Å²) in [5.74, 6) is 0. The summed E-state index contributed by atoms with van der Waals surface area (Å²) in [5.41, 5.74) is 6.17. The largest absolute Gasteiger partial charge is 0.309 e. The fourth-order valence-electron chi connectivity index (χ4n) is 6.13. The Bertz CT molecular complexity index is 2090. The third-order valence-electron chi connectivity index (χ3n) is 7.74. The Kier molecular flexibility index (Phi) is 4.29. The van der Waals surface area contributed by atoms with E-state index in [1.54, 1.807) is 0 Å². The normalized spacial score (nSPS) is 11.8. The summed E-state index contributed by atoms with van der Waals surface area (Å²) in [6, 6.07) is 50.8. The second-order valence-corrected chi connectivity index (χ2v) is 9.77. The minimum Gasteiger partial charge on any atom is -0.309 e. The Morgan fingerprint density at radius 2 is 0.973 bits per heavy atom.